The summed E-state index contributed by atoms with van der Waals surface area (Å²) in [4.78, 5) is 34.3. The van der Waals surface area contributed by atoms with Gasteiger partial charge in [-0.3, -0.25) is 14.2 Å². The highest BCUT2D eigenvalue weighted by molar-refractivity contribution is 7.71. The van der Waals surface area contributed by atoms with E-state index in [-0.39, 0.29) is 11.5 Å². The minimum atomic E-state index is -0.147. The third kappa shape index (κ3) is 5.95. The van der Waals surface area contributed by atoms with Crippen LogP contribution in [-0.4, -0.2) is 58.1 Å². The van der Waals surface area contributed by atoms with Crippen molar-refractivity contribution >= 4 is 40.1 Å². The standard InChI is InChI=1S/C26H37N5O3S/c1-3-18-9-4-6-14-30(18)15-8-13-27-22(32)10-5-7-16-31-25(33)24-23(29-26(31)35)20-17-19(34-2)11-12-21(20)28-24/h11-12,17-18,28H,3-10,13-16H2,1-2H3,(H,27,32)(H,29,35)/t18-/m1/s1. The average molecular weight is 500 g/mol. The number of carbonyl (C=O) groups is 1. The molecule has 3 N–H and O–H groups in total. The van der Waals surface area contributed by atoms with Crippen molar-refractivity contribution in [3.63, 3.8) is 0 Å². The number of H-pyrrole nitrogens is 2. The molecule has 1 atom stereocenters. The minimum absolute atomic E-state index is 0.0770. The number of benzene rings is 1. The van der Waals surface area contributed by atoms with E-state index in [0.29, 0.717) is 47.7 Å². The summed E-state index contributed by atoms with van der Waals surface area (Å²) in [6.45, 7) is 5.71. The van der Waals surface area contributed by atoms with Crippen molar-refractivity contribution in [3.8, 4) is 5.75 Å². The number of nitrogens with zero attached hydrogens (tertiary/aromatic N) is 2. The van der Waals surface area contributed by atoms with Crippen LogP contribution in [0.4, 0.5) is 0 Å². The summed E-state index contributed by atoms with van der Waals surface area (Å²) in [5.41, 5.74) is 1.90. The second kappa shape index (κ2) is 11.9. The van der Waals surface area contributed by atoms with E-state index in [4.69, 9.17) is 17.0 Å². The Balaban J connectivity index is 1.25. The largest absolute Gasteiger partial charge is 0.497 e. The molecule has 190 valence electrons. The molecule has 0 unspecified atom stereocenters. The Morgan fingerprint density at radius 1 is 1.17 bits per heavy atom. The number of rotatable bonds is 11. The Kier molecular flexibility index (Phi) is 8.62. The average Bonchev–Trinajstić information content (AvgIpc) is 3.24. The second-order valence-electron chi connectivity index (χ2n) is 9.43. The molecule has 1 aromatic carbocycles. The Morgan fingerprint density at radius 2 is 2.03 bits per heavy atom. The lowest BCUT2D eigenvalue weighted by Crippen LogP contribution is -2.40. The molecule has 0 bridgehead atoms. The van der Waals surface area contributed by atoms with E-state index in [9.17, 15) is 9.59 Å². The number of likely N-dealkylation sites (tertiary alicyclic amines) is 1. The van der Waals surface area contributed by atoms with Crippen LogP contribution in [0.3, 0.4) is 0 Å². The molecular weight excluding hydrogens is 462 g/mol. The van der Waals surface area contributed by atoms with Crippen LogP contribution in [0.2, 0.25) is 0 Å². The maximum Gasteiger partial charge on any atom is 0.278 e. The van der Waals surface area contributed by atoms with E-state index in [1.807, 2.05) is 18.2 Å². The molecule has 1 aliphatic rings. The van der Waals surface area contributed by atoms with E-state index in [1.54, 1.807) is 11.7 Å². The first-order valence-corrected chi connectivity index (χ1v) is 13.3. The van der Waals surface area contributed by atoms with Crippen molar-refractivity contribution in [2.24, 2.45) is 0 Å². The quantitative estimate of drug-likeness (QED) is 0.267. The van der Waals surface area contributed by atoms with Crippen molar-refractivity contribution < 1.29 is 9.53 Å². The van der Waals surface area contributed by atoms with Gasteiger partial charge in [-0.1, -0.05) is 13.3 Å². The van der Waals surface area contributed by atoms with Gasteiger partial charge in [0.1, 0.15) is 11.3 Å². The summed E-state index contributed by atoms with van der Waals surface area (Å²) in [6, 6.07) is 6.34. The molecule has 0 aliphatic carbocycles. The molecule has 2 aromatic heterocycles. The van der Waals surface area contributed by atoms with Gasteiger partial charge in [-0.25, -0.2) is 0 Å². The fourth-order valence-electron chi connectivity index (χ4n) is 5.16. The lowest BCUT2D eigenvalue weighted by Gasteiger charge is -2.35. The number of fused-ring (bicyclic) bond motifs is 3. The zero-order valence-corrected chi connectivity index (χ0v) is 21.6. The number of hydrogen-bond donors (Lipinski definition) is 3. The first-order valence-electron chi connectivity index (χ1n) is 12.8. The number of amides is 1. The van der Waals surface area contributed by atoms with Crippen LogP contribution in [-0.2, 0) is 11.3 Å². The summed E-state index contributed by atoms with van der Waals surface area (Å²) >= 11 is 5.48. The van der Waals surface area contributed by atoms with E-state index in [0.717, 1.165) is 36.2 Å². The monoisotopic (exact) mass is 499 g/mol. The van der Waals surface area contributed by atoms with Gasteiger partial charge in [0.05, 0.1) is 12.6 Å². The van der Waals surface area contributed by atoms with Crippen molar-refractivity contribution in [2.45, 2.75) is 70.9 Å². The fourth-order valence-corrected chi connectivity index (χ4v) is 5.44. The Labute approximate surface area is 211 Å². The van der Waals surface area contributed by atoms with Gasteiger partial charge in [0.25, 0.3) is 5.56 Å². The normalized spacial score (nSPS) is 16.7. The van der Waals surface area contributed by atoms with E-state index >= 15 is 0 Å². The van der Waals surface area contributed by atoms with Crippen LogP contribution in [0, 0.1) is 4.77 Å². The molecule has 3 heterocycles. The van der Waals surface area contributed by atoms with E-state index < -0.39 is 0 Å². The zero-order chi connectivity index (χ0) is 24.8. The lowest BCUT2D eigenvalue weighted by atomic mass is 10.00. The molecule has 35 heavy (non-hydrogen) atoms. The maximum atomic E-state index is 13.1. The van der Waals surface area contributed by atoms with Crippen LogP contribution in [0.25, 0.3) is 21.9 Å². The zero-order valence-electron chi connectivity index (χ0n) is 20.8. The van der Waals surface area contributed by atoms with Crippen LogP contribution in [0.15, 0.2) is 23.0 Å². The number of carbonyl (C=O) groups excluding carboxylic acids is 1. The van der Waals surface area contributed by atoms with Crippen LogP contribution >= 0.6 is 12.2 Å². The summed E-state index contributed by atoms with van der Waals surface area (Å²) in [6.07, 6.45) is 8.00. The van der Waals surface area contributed by atoms with Gasteiger partial charge >= 0.3 is 0 Å². The molecule has 3 aromatic rings. The van der Waals surface area contributed by atoms with Gasteiger partial charge in [0.15, 0.2) is 4.77 Å². The maximum absolute atomic E-state index is 13.1. The molecule has 1 fully saturated rings. The predicted octanol–water partition coefficient (Wildman–Crippen LogP) is 4.49. The number of ether oxygens (including phenoxy) is 1. The Bertz CT molecular complexity index is 1280. The molecule has 8 nitrogen and oxygen atoms in total. The molecular formula is C26H37N5O3S. The van der Waals surface area contributed by atoms with Crippen LogP contribution in [0.1, 0.15) is 58.3 Å². The number of aromatic amines is 2. The number of unbranched alkanes of at least 4 members (excludes halogenated alkanes) is 1. The minimum Gasteiger partial charge on any atom is -0.497 e. The summed E-state index contributed by atoms with van der Waals surface area (Å²) in [7, 11) is 1.61. The molecule has 1 amide bonds. The SMILES string of the molecule is CC[C@@H]1CCCCN1CCCNC(=O)CCCCn1c(=S)[nH]c2c([nH]c3ccc(OC)cc32)c1=O. The summed E-state index contributed by atoms with van der Waals surface area (Å²) < 4.78 is 7.27. The highest BCUT2D eigenvalue weighted by atomic mass is 32.1. The number of hydrogen-bond acceptors (Lipinski definition) is 5. The molecule has 4 rings (SSSR count). The van der Waals surface area contributed by atoms with Gasteiger partial charge in [-0.15, -0.1) is 0 Å². The van der Waals surface area contributed by atoms with Gasteiger partial charge in [-0.05, 0) is 75.5 Å². The van der Waals surface area contributed by atoms with Crippen molar-refractivity contribution in [3.05, 3.63) is 33.3 Å². The molecule has 1 aliphatic heterocycles. The Hall–Kier alpha value is -2.65. The first-order chi connectivity index (χ1) is 17.0. The highest BCUT2D eigenvalue weighted by Gasteiger charge is 2.19. The first kappa shape index (κ1) is 25.4. The fraction of sp³-hybridized carbons (Fsp3) is 0.577. The molecule has 9 heteroatoms. The number of nitrogens with one attached hydrogen (secondary N) is 3. The van der Waals surface area contributed by atoms with Crippen LogP contribution in [0.5, 0.6) is 5.75 Å². The van der Waals surface area contributed by atoms with Gasteiger partial charge in [0.2, 0.25) is 5.91 Å². The number of methoxy groups -OCH3 is 1. The van der Waals surface area contributed by atoms with Crippen molar-refractivity contribution in [1.29, 1.82) is 0 Å². The molecule has 0 spiro atoms. The summed E-state index contributed by atoms with van der Waals surface area (Å²) in [5.74, 6) is 0.796. The van der Waals surface area contributed by atoms with Gasteiger partial charge in [0, 0.05) is 43.0 Å². The third-order valence-electron chi connectivity index (χ3n) is 7.14. The van der Waals surface area contributed by atoms with Gasteiger partial charge < -0.3 is 24.9 Å². The molecule has 0 saturated carbocycles. The summed E-state index contributed by atoms with van der Waals surface area (Å²) in [5, 5.41) is 3.92. The van der Waals surface area contributed by atoms with E-state index in [2.05, 4.69) is 27.1 Å². The van der Waals surface area contributed by atoms with Crippen molar-refractivity contribution in [2.75, 3.05) is 26.7 Å². The smallest absolute Gasteiger partial charge is 0.278 e. The van der Waals surface area contributed by atoms with Gasteiger partial charge in [-0.2, -0.15) is 0 Å². The second-order valence-corrected chi connectivity index (χ2v) is 9.81. The molecule has 1 saturated heterocycles. The molecule has 0 radical (unpaired) electrons. The predicted molar refractivity (Wildman–Crippen MR) is 143 cm³/mol. The van der Waals surface area contributed by atoms with Crippen LogP contribution < -0.4 is 15.6 Å². The Morgan fingerprint density at radius 3 is 2.83 bits per heavy atom. The van der Waals surface area contributed by atoms with Crippen molar-refractivity contribution in [1.82, 2.24) is 24.8 Å². The highest BCUT2D eigenvalue weighted by Crippen LogP contribution is 2.26. The lowest BCUT2D eigenvalue weighted by molar-refractivity contribution is -0.121. The number of aromatic nitrogens is 3. The third-order valence-corrected chi connectivity index (χ3v) is 7.46. The number of piperidine rings is 1. The topological polar surface area (TPSA) is 95.2 Å². The van der Waals surface area contributed by atoms with E-state index in [1.165, 1.54) is 32.2 Å².